The third-order valence-electron chi connectivity index (χ3n) is 6.58. The molecule has 3 rings (SSSR count). The molecule has 1 aromatic carbocycles. The van der Waals surface area contributed by atoms with Crippen LogP contribution < -0.4 is 9.47 Å². The van der Waals surface area contributed by atoms with Crippen molar-refractivity contribution in [3.05, 3.63) is 59.2 Å². The number of hydrogen-bond acceptors (Lipinski definition) is 4. The first-order chi connectivity index (χ1) is 15.0. The molecule has 1 unspecified atom stereocenters. The van der Waals surface area contributed by atoms with Gasteiger partial charge in [0.25, 0.3) is 0 Å². The summed E-state index contributed by atoms with van der Waals surface area (Å²) in [7, 11) is 3.25. The van der Waals surface area contributed by atoms with Crippen molar-refractivity contribution in [1.29, 1.82) is 0 Å². The first-order valence-electron chi connectivity index (χ1n) is 11.6. The molecule has 0 N–H and O–H groups in total. The number of ketones is 1. The molecule has 168 valence electrons. The molecule has 2 aliphatic rings. The van der Waals surface area contributed by atoms with Gasteiger partial charge in [0.2, 0.25) is 0 Å². The molecule has 4 nitrogen and oxygen atoms in total. The van der Waals surface area contributed by atoms with E-state index >= 15 is 0 Å². The summed E-state index contributed by atoms with van der Waals surface area (Å²) in [5, 5.41) is 0. The van der Waals surface area contributed by atoms with Crippen LogP contribution in [0.5, 0.6) is 11.5 Å². The summed E-state index contributed by atoms with van der Waals surface area (Å²) >= 11 is 0. The second kappa shape index (κ2) is 11.3. The second-order valence-corrected chi connectivity index (χ2v) is 8.74. The Kier molecular flexibility index (Phi) is 8.53. The summed E-state index contributed by atoms with van der Waals surface area (Å²) in [6.07, 6.45) is 16.1. The fourth-order valence-corrected chi connectivity index (χ4v) is 4.69. The number of allylic oxidation sites excluding steroid dienone is 4. The van der Waals surface area contributed by atoms with Crippen molar-refractivity contribution < 1.29 is 14.3 Å². The molecule has 0 bridgehead atoms. The van der Waals surface area contributed by atoms with Gasteiger partial charge in [-0.05, 0) is 74.4 Å². The molecule has 1 aliphatic heterocycles. The van der Waals surface area contributed by atoms with E-state index in [0.717, 1.165) is 50.0 Å². The van der Waals surface area contributed by atoms with Gasteiger partial charge >= 0.3 is 0 Å². The van der Waals surface area contributed by atoms with Crippen LogP contribution in [0.4, 0.5) is 0 Å². The zero-order valence-corrected chi connectivity index (χ0v) is 19.5. The van der Waals surface area contributed by atoms with Crippen molar-refractivity contribution in [2.45, 2.75) is 46.0 Å². The van der Waals surface area contributed by atoms with Crippen molar-refractivity contribution in [3.8, 4) is 11.5 Å². The Morgan fingerprint density at radius 2 is 1.84 bits per heavy atom. The Bertz CT molecular complexity index is 844. The molecule has 0 spiro atoms. The van der Waals surface area contributed by atoms with E-state index in [0.29, 0.717) is 17.4 Å². The molecule has 1 atom stereocenters. The molecule has 1 heterocycles. The van der Waals surface area contributed by atoms with Crippen LogP contribution in [0.2, 0.25) is 0 Å². The molecule has 4 heteroatoms. The number of piperidine rings is 1. The van der Waals surface area contributed by atoms with E-state index in [1.165, 1.54) is 18.4 Å². The Balaban J connectivity index is 1.57. The van der Waals surface area contributed by atoms with Crippen LogP contribution in [0, 0.1) is 11.8 Å². The monoisotopic (exact) mass is 423 g/mol. The van der Waals surface area contributed by atoms with E-state index in [2.05, 4.69) is 49.1 Å². The molecule has 0 saturated carbocycles. The van der Waals surface area contributed by atoms with Crippen LogP contribution in [-0.4, -0.2) is 44.5 Å². The lowest BCUT2D eigenvalue weighted by atomic mass is 9.83. The first-order valence-corrected chi connectivity index (χ1v) is 11.6. The number of rotatable bonds is 9. The average molecular weight is 424 g/mol. The lowest BCUT2D eigenvalue weighted by Gasteiger charge is -2.33. The number of aryl methyl sites for hydroxylation is 1. The number of methoxy groups -OCH3 is 2. The molecule has 0 amide bonds. The maximum absolute atomic E-state index is 13.3. The van der Waals surface area contributed by atoms with E-state index in [1.807, 2.05) is 12.1 Å². The zero-order chi connectivity index (χ0) is 22.2. The standard InChI is InChI=1S/C27H37NO3/c1-5-23-17-25(30-3)26(31-4)18-24(23)27(29)20(2)16-21-12-14-28(15-13-21)19-22-10-8-6-7-9-11-22/h6-8,10-11,17-18,20-21H,5,9,12-16,19H2,1-4H3. The van der Waals surface area contributed by atoms with Crippen LogP contribution in [0.1, 0.15) is 55.5 Å². The minimum absolute atomic E-state index is 0.0125. The largest absolute Gasteiger partial charge is 0.493 e. The third-order valence-corrected chi connectivity index (χ3v) is 6.58. The fourth-order valence-electron chi connectivity index (χ4n) is 4.69. The smallest absolute Gasteiger partial charge is 0.166 e. The first kappa shape index (κ1) is 23.3. The summed E-state index contributed by atoms with van der Waals surface area (Å²) in [6.45, 7) is 7.42. The number of nitrogens with zero attached hydrogens (tertiary/aromatic N) is 1. The number of benzene rings is 1. The number of hydrogen-bond donors (Lipinski definition) is 0. The maximum Gasteiger partial charge on any atom is 0.166 e. The number of ether oxygens (including phenoxy) is 2. The predicted molar refractivity (Wildman–Crippen MR) is 127 cm³/mol. The number of carbonyl (C=O) groups excluding carboxylic acids is 1. The van der Waals surface area contributed by atoms with Crippen LogP contribution in [0.15, 0.2) is 48.1 Å². The zero-order valence-electron chi connectivity index (χ0n) is 19.5. The van der Waals surface area contributed by atoms with Gasteiger partial charge in [-0.3, -0.25) is 9.69 Å². The number of carbonyl (C=O) groups is 1. The highest BCUT2D eigenvalue weighted by Crippen LogP contribution is 2.33. The van der Waals surface area contributed by atoms with Crippen molar-refractivity contribution >= 4 is 5.78 Å². The minimum Gasteiger partial charge on any atom is -0.493 e. The van der Waals surface area contributed by atoms with Crippen LogP contribution in [0.25, 0.3) is 0 Å². The van der Waals surface area contributed by atoms with Gasteiger partial charge in [-0.2, -0.15) is 0 Å². The van der Waals surface area contributed by atoms with Crippen LogP contribution in [-0.2, 0) is 6.42 Å². The lowest BCUT2D eigenvalue weighted by molar-refractivity contribution is 0.0892. The predicted octanol–water partition coefficient (Wildman–Crippen LogP) is 5.63. The van der Waals surface area contributed by atoms with E-state index in [4.69, 9.17) is 9.47 Å². The Labute approximate surface area is 187 Å². The lowest BCUT2D eigenvalue weighted by Crippen LogP contribution is -2.35. The van der Waals surface area contributed by atoms with Gasteiger partial charge < -0.3 is 9.47 Å². The summed E-state index contributed by atoms with van der Waals surface area (Å²) in [6, 6.07) is 3.81. The fraction of sp³-hybridized carbons (Fsp3) is 0.519. The van der Waals surface area contributed by atoms with Crippen molar-refractivity contribution in [3.63, 3.8) is 0 Å². The summed E-state index contributed by atoms with van der Waals surface area (Å²) in [5.74, 6) is 2.16. The molecule has 1 fully saturated rings. The van der Waals surface area contributed by atoms with E-state index in [1.54, 1.807) is 14.2 Å². The normalized spacial score (nSPS) is 18.4. The van der Waals surface area contributed by atoms with Gasteiger partial charge in [-0.15, -0.1) is 0 Å². The highest BCUT2D eigenvalue weighted by Gasteiger charge is 2.26. The Morgan fingerprint density at radius 3 is 2.52 bits per heavy atom. The summed E-state index contributed by atoms with van der Waals surface area (Å²) in [4.78, 5) is 15.8. The van der Waals surface area contributed by atoms with Gasteiger partial charge in [0, 0.05) is 18.0 Å². The van der Waals surface area contributed by atoms with Crippen LogP contribution in [0.3, 0.4) is 0 Å². The molecule has 1 saturated heterocycles. The van der Waals surface area contributed by atoms with E-state index < -0.39 is 0 Å². The van der Waals surface area contributed by atoms with Gasteiger partial charge in [-0.1, -0.05) is 44.2 Å². The molecule has 1 aliphatic carbocycles. The molecule has 0 radical (unpaired) electrons. The molecule has 0 aromatic heterocycles. The molecular formula is C27H37NO3. The van der Waals surface area contributed by atoms with Gasteiger partial charge in [0.05, 0.1) is 14.2 Å². The van der Waals surface area contributed by atoms with E-state index in [-0.39, 0.29) is 11.7 Å². The minimum atomic E-state index is 0.0125. The van der Waals surface area contributed by atoms with Gasteiger partial charge in [-0.25, -0.2) is 0 Å². The Hall–Kier alpha value is -2.33. The molecular weight excluding hydrogens is 386 g/mol. The van der Waals surface area contributed by atoms with Crippen molar-refractivity contribution in [1.82, 2.24) is 4.90 Å². The topological polar surface area (TPSA) is 38.8 Å². The number of Topliss-reactive ketones (excluding diaryl/α,β-unsaturated/α-hetero) is 1. The van der Waals surface area contributed by atoms with Crippen molar-refractivity contribution in [2.75, 3.05) is 33.9 Å². The Morgan fingerprint density at radius 1 is 1.13 bits per heavy atom. The quantitative estimate of drug-likeness (QED) is 0.483. The summed E-state index contributed by atoms with van der Waals surface area (Å²) < 4.78 is 10.9. The highest BCUT2D eigenvalue weighted by molar-refractivity contribution is 5.99. The van der Waals surface area contributed by atoms with Gasteiger partial charge in [0.15, 0.2) is 17.3 Å². The SMILES string of the molecule is CCc1cc(OC)c(OC)cc1C(=O)C(C)CC1CCN(CC2=CCC=CC=C2)CC1. The highest BCUT2D eigenvalue weighted by atomic mass is 16.5. The summed E-state index contributed by atoms with van der Waals surface area (Å²) in [5.41, 5.74) is 3.22. The molecule has 1 aromatic rings. The second-order valence-electron chi connectivity index (χ2n) is 8.74. The van der Waals surface area contributed by atoms with Crippen molar-refractivity contribution in [2.24, 2.45) is 11.8 Å². The molecule has 31 heavy (non-hydrogen) atoms. The average Bonchev–Trinajstić information content (AvgIpc) is 3.07. The van der Waals surface area contributed by atoms with Crippen LogP contribution >= 0.6 is 0 Å². The third kappa shape index (κ3) is 6.10. The van der Waals surface area contributed by atoms with E-state index in [9.17, 15) is 4.79 Å². The van der Waals surface area contributed by atoms with Gasteiger partial charge in [0.1, 0.15) is 0 Å². The maximum atomic E-state index is 13.3. The number of likely N-dealkylation sites (tertiary alicyclic amines) is 1.